The van der Waals surface area contributed by atoms with E-state index >= 15 is 0 Å². The molecule has 11 heteroatoms. The van der Waals surface area contributed by atoms with Crippen LogP contribution in [0.15, 0.2) is 82.1 Å². The molecule has 10 nitrogen and oxygen atoms in total. The summed E-state index contributed by atoms with van der Waals surface area (Å²) in [5.41, 5.74) is 2.07. The summed E-state index contributed by atoms with van der Waals surface area (Å²) >= 11 is 6.08. The quantitative estimate of drug-likeness (QED) is 0.259. The second-order valence-electron chi connectivity index (χ2n) is 7.69. The number of hydrogen-bond acceptors (Lipinski definition) is 6. The fourth-order valence-corrected chi connectivity index (χ4v) is 3.76. The molecule has 0 saturated heterocycles. The number of fused-ring (bicyclic) bond motifs is 1. The molecule has 3 aromatic carbocycles. The summed E-state index contributed by atoms with van der Waals surface area (Å²) in [7, 11) is 0. The molecule has 2 aromatic heterocycles. The Labute approximate surface area is 208 Å². The van der Waals surface area contributed by atoms with E-state index in [0.717, 1.165) is 5.39 Å². The van der Waals surface area contributed by atoms with Gasteiger partial charge in [0.05, 0.1) is 16.9 Å². The molecule has 0 bridgehead atoms. The molecule has 0 aliphatic rings. The number of H-pyrrole nitrogens is 2. The molecular weight excluding hydrogens is 486 g/mol. The number of aromatic nitrogens is 3. The number of ether oxygens (including phenoxy) is 1. The summed E-state index contributed by atoms with van der Waals surface area (Å²) < 4.78 is 10.1. The number of para-hydroxylation sites is 2. The smallest absolute Gasteiger partial charge is 0.439 e. The van der Waals surface area contributed by atoms with Gasteiger partial charge in [-0.05, 0) is 42.5 Å². The molecule has 36 heavy (non-hydrogen) atoms. The standard InChI is InChI=1S/C25H18ClN5O5/c26-15-9-10-18(17(12-15)23-30-25(34)36-31-23)29-24(33)20-11-14-5-4-8-19(22(14)28-20)27-21(32)13-35-16-6-2-1-3-7-16/h1-12,28H,13H2,(H,27,32)(H,29,33)(H,30,31,34). The minimum atomic E-state index is -0.735. The predicted molar refractivity (Wildman–Crippen MR) is 134 cm³/mol. The molecule has 0 radical (unpaired) electrons. The number of carbonyl (C=O) groups is 2. The average Bonchev–Trinajstić information content (AvgIpc) is 3.51. The van der Waals surface area contributed by atoms with Crippen molar-refractivity contribution in [3.05, 3.63) is 94.1 Å². The van der Waals surface area contributed by atoms with Crippen LogP contribution in [0.25, 0.3) is 22.3 Å². The van der Waals surface area contributed by atoms with Gasteiger partial charge in [-0.1, -0.05) is 47.1 Å². The van der Waals surface area contributed by atoms with Crippen LogP contribution in [0.3, 0.4) is 0 Å². The van der Waals surface area contributed by atoms with E-state index < -0.39 is 11.7 Å². The van der Waals surface area contributed by atoms with Crippen molar-refractivity contribution in [3.63, 3.8) is 0 Å². The maximum absolute atomic E-state index is 13.1. The van der Waals surface area contributed by atoms with Crippen molar-refractivity contribution in [1.29, 1.82) is 0 Å². The summed E-state index contributed by atoms with van der Waals surface area (Å²) in [4.78, 5) is 42.4. The van der Waals surface area contributed by atoms with Crippen LogP contribution in [0.5, 0.6) is 5.75 Å². The topological polar surface area (TPSA) is 142 Å². The van der Waals surface area contributed by atoms with Gasteiger partial charge in [0, 0.05) is 16.0 Å². The molecule has 5 rings (SSSR count). The van der Waals surface area contributed by atoms with Crippen molar-refractivity contribution in [2.24, 2.45) is 0 Å². The fourth-order valence-electron chi connectivity index (χ4n) is 3.59. The second kappa shape index (κ2) is 9.80. The van der Waals surface area contributed by atoms with Crippen molar-refractivity contribution in [2.75, 3.05) is 17.2 Å². The van der Waals surface area contributed by atoms with Gasteiger partial charge >= 0.3 is 5.76 Å². The van der Waals surface area contributed by atoms with E-state index in [0.29, 0.717) is 33.2 Å². The van der Waals surface area contributed by atoms with Crippen molar-refractivity contribution >= 4 is 45.7 Å². The van der Waals surface area contributed by atoms with Gasteiger partial charge in [0.1, 0.15) is 11.4 Å². The van der Waals surface area contributed by atoms with Gasteiger partial charge in [-0.2, -0.15) is 0 Å². The van der Waals surface area contributed by atoms with E-state index in [1.165, 1.54) is 0 Å². The first kappa shape index (κ1) is 22.9. The van der Waals surface area contributed by atoms with Crippen molar-refractivity contribution in [1.82, 2.24) is 15.1 Å². The van der Waals surface area contributed by atoms with Crippen LogP contribution in [0, 0.1) is 0 Å². The van der Waals surface area contributed by atoms with Crippen LogP contribution in [0.4, 0.5) is 11.4 Å². The van der Waals surface area contributed by atoms with Gasteiger partial charge < -0.3 is 20.4 Å². The van der Waals surface area contributed by atoms with Crippen molar-refractivity contribution in [2.45, 2.75) is 0 Å². The van der Waals surface area contributed by atoms with Crippen LogP contribution in [0.1, 0.15) is 10.5 Å². The Morgan fingerprint density at radius 1 is 0.944 bits per heavy atom. The van der Waals surface area contributed by atoms with Gasteiger partial charge in [0.15, 0.2) is 12.4 Å². The Bertz CT molecular complexity index is 1620. The number of amides is 2. The molecule has 0 saturated carbocycles. The first-order valence-electron chi connectivity index (χ1n) is 10.7. The van der Waals surface area contributed by atoms with Gasteiger partial charge in [-0.3, -0.25) is 19.1 Å². The van der Waals surface area contributed by atoms with E-state index in [1.54, 1.807) is 48.5 Å². The summed E-state index contributed by atoms with van der Waals surface area (Å²) in [5.74, 6) is -0.829. The lowest BCUT2D eigenvalue weighted by Crippen LogP contribution is -2.20. The van der Waals surface area contributed by atoms with E-state index in [-0.39, 0.29) is 24.0 Å². The molecule has 2 amide bonds. The van der Waals surface area contributed by atoms with Gasteiger partial charge in [-0.15, -0.1) is 0 Å². The van der Waals surface area contributed by atoms with Crippen LogP contribution in [-0.4, -0.2) is 33.5 Å². The molecule has 0 aliphatic carbocycles. The first-order chi connectivity index (χ1) is 17.5. The highest BCUT2D eigenvalue weighted by molar-refractivity contribution is 6.31. The third kappa shape index (κ3) is 4.98. The number of anilines is 2. The van der Waals surface area contributed by atoms with Gasteiger partial charge in [0.2, 0.25) is 0 Å². The number of halogens is 1. The summed E-state index contributed by atoms with van der Waals surface area (Å²) in [6.07, 6.45) is 0. The summed E-state index contributed by atoms with van der Waals surface area (Å²) in [5, 5.41) is 10.4. The minimum Gasteiger partial charge on any atom is -0.484 e. The molecule has 0 unspecified atom stereocenters. The fraction of sp³-hybridized carbons (Fsp3) is 0.0400. The molecule has 0 fully saturated rings. The Balaban J connectivity index is 1.35. The minimum absolute atomic E-state index is 0.122. The van der Waals surface area contributed by atoms with Crippen LogP contribution < -0.4 is 21.1 Å². The molecule has 0 spiro atoms. The van der Waals surface area contributed by atoms with Crippen LogP contribution in [0.2, 0.25) is 5.02 Å². The highest BCUT2D eigenvalue weighted by Crippen LogP contribution is 2.29. The lowest BCUT2D eigenvalue weighted by molar-refractivity contribution is -0.118. The third-order valence-corrected chi connectivity index (χ3v) is 5.45. The molecule has 180 valence electrons. The number of rotatable bonds is 7. The highest BCUT2D eigenvalue weighted by Gasteiger charge is 2.17. The molecule has 0 atom stereocenters. The van der Waals surface area contributed by atoms with E-state index in [4.69, 9.17) is 16.3 Å². The van der Waals surface area contributed by atoms with E-state index in [2.05, 4.69) is 30.3 Å². The molecule has 2 heterocycles. The van der Waals surface area contributed by atoms with Gasteiger partial charge in [-0.25, -0.2) is 4.79 Å². The molecule has 0 aliphatic heterocycles. The zero-order valence-corrected chi connectivity index (χ0v) is 19.3. The monoisotopic (exact) mass is 503 g/mol. The third-order valence-electron chi connectivity index (χ3n) is 5.21. The van der Waals surface area contributed by atoms with Gasteiger partial charge in [0.25, 0.3) is 11.8 Å². The number of aromatic amines is 2. The average molecular weight is 504 g/mol. The zero-order valence-electron chi connectivity index (χ0n) is 18.5. The van der Waals surface area contributed by atoms with Crippen LogP contribution >= 0.6 is 11.6 Å². The SMILES string of the molecule is O=C(COc1ccccc1)Nc1cccc2cc(C(=O)Nc3ccc(Cl)cc3-c3noc(=O)[nH]3)[nH]c12. The summed E-state index contributed by atoms with van der Waals surface area (Å²) in [6, 6.07) is 20.7. The first-order valence-corrected chi connectivity index (χ1v) is 11.1. The molecule has 4 N–H and O–H groups in total. The predicted octanol–water partition coefficient (Wildman–Crippen LogP) is 4.43. The maximum atomic E-state index is 13.1. The Kier molecular flexibility index (Phi) is 6.25. The van der Waals surface area contributed by atoms with Crippen LogP contribution in [-0.2, 0) is 4.79 Å². The number of nitrogens with one attached hydrogen (secondary N) is 4. The number of hydrogen-bond donors (Lipinski definition) is 4. The van der Waals surface area contributed by atoms with Crippen molar-refractivity contribution in [3.8, 4) is 17.1 Å². The number of benzene rings is 3. The van der Waals surface area contributed by atoms with E-state index in [9.17, 15) is 14.4 Å². The summed E-state index contributed by atoms with van der Waals surface area (Å²) in [6.45, 7) is -0.169. The lowest BCUT2D eigenvalue weighted by Gasteiger charge is -2.09. The zero-order chi connectivity index (χ0) is 25.1. The lowest BCUT2D eigenvalue weighted by atomic mass is 10.1. The highest BCUT2D eigenvalue weighted by atomic mass is 35.5. The maximum Gasteiger partial charge on any atom is 0.439 e. The molecular formula is C25H18ClN5O5. The Hall–Kier alpha value is -4.83. The molecule has 5 aromatic rings. The second-order valence-corrected chi connectivity index (χ2v) is 8.13. The normalized spacial score (nSPS) is 10.8. The van der Waals surface area contributed by atoms with E-state index in [1.807, 2.05) is 24.3 Å². The Morgan fingerprint density at radius 3 is 2.56 bits per heavy atom. The largest absolute Gasteiger partial charge is 0.484 e. The Morgan fingerprint density at radius 2 is 1.78 bits per heavy atom. The number of nitrogens with zero attached hydrogens (tertiary/aromatic N) is 1. The van der Waals surface area contributed by atoms with Crippen molar-refractivity contribution < 1.29 is 18.8 Å². The number of carbonyl (C=O) groups excluding carboxylic acids is 2.